The molecule has 4 nitrogen and oxygen atoms in total. The van der Waals surface area contributed by atoms with Crippen LogP contribution in [-0.2, 0) is 11.3 Å². The van der Waals surface area contributed by atoms with Gasteiger partial charge in [0.2, 0.25) is 0 Å². The fraction of sp³-hybridized carbons (Fsp3) is 0.455. The van der Waals surface area contributed by atoms with Gasteiger partial charge in [0.15, 0.2) is 0 Å². The van der Waals surface area contributed by atoms with Crippen molar-refractivity contribution >= 4 is 5.97 Å². The first-order valence-electron chi connectivity index (χ1n) is 4.94. The number of rotatable bonds is 5. The Balaban J connectivity index is 2.38. The number of carboxylic acids is 1. The van der Waals surface area contributed by atoms with Gasteiger partial charge in [-0.05, 0) is 24.1 Å². The predicted molar refractivity (Wildman–Crippen MR) is 57.5 cm³/mol. The Kier molecular flexibility index (Phi) is 4.24. The highest BCUT2D eigenvalue weighted by Gasteiger charge is 2.09. The zero-order valence-corrected chi connectivity index (χ0v) is 9.03. The second kappa shape index (κ2) is 5.46. The summed E-state index contributed by atoms with van der Waals surface area (Å²) in [5.41, 5.74) is 2.27. The van der Waals surface area contributed by atoms with E-state index in [4.69, 9.17) is 5.11 Å². The quantitative estimate of drug-likeness (QED) is 0.763. The van der Waals surface area contributed by atoms with E-state index >= 15 is 0 Å². The van der Waals surface area contributed by atoms with Crippen LogP contribution in [0.4, 0.5) is 0 Å². The largest absolute Gasteiger partial charge is 0.481 e. The summed E-state index contributed by atoms with van der Waals surface area (Å²) < 4.78 is 0. The van der Waals surface area contributed by atoms with E-state index in [9.17, 15) is 4.79 Å². The molecule has 1 aromatic heterocycles. The van der Waals surface area contributed by atoms with Crippen molar-refractivity contribution in [1.29, 1.82) is 0 Å². The Hall–Kier alpha value is -1.42. The number of nitrogens with zero attached hydrogens (tertiary/aromatic N) is 1. The van der Waals surface area contributed by atoms with Crippen LogP contribution in [0.25, 0.3) is 0 Å². The SMILES string of the molecule is Cc1cnccc1CNCC(C)C(=O)O. The Morgan fingerprint density at radius 2 is 2.40 bits per heavy atom. The highest BCUT2D eigenvalue weighted by molar-refractivity contribution is 5.69. The van der Waals surface area contributed by atoms with Crippen LogP contribution in [0.15, 0.2) is 18.5 Å². The van der Waals surface area contributed by atoms with Gasteiger partial charge >= 0.3 is 5.97 Å². The van der Waals surface area contributed by atoms with Gasteiger partial charge in [0, 0.05) is 25.5 Å². The topological polar surface area (TPSA) is 62.2 Å². The number of aryl methyl sites for hydroxylation is 1. The van der Waals surface area contributed by atoms with E-state index in [1.54, 1.807) is 19.3 Å². The summed E-state index contributed by atoms with van der Waals surface area (Å²) in [6.07, 6.45) is 3.54. The molecular formula is C11H16N2O2. The Labute approximate surface area is 89.3 Å². The first-order chi connectivity index (χ1) is 7.11. The molecule has 0 saturated heterocycles. The van der Waals surface area contributed by atoms with Crippen molar-refractivity contribution < 1.29 is 9.90 Å². The van der Waals surface area contributed by atoms with Crippen molar-refractivity contribution in [3.63, 3.8) is 0 Å². The molecule has 0 fully saturated rings. The summed E-state index contributed by atoms with van der Waals surface area (Å²) in [4.78, 5) is 14.6. The maximum absolute atomic E-state index is 10.6. The molecule has 1 aromatic rings. The molecule has 0 radical (unpaired) electrons. The lowest BCUT2D eigenvalue weighted by Crippen LogP contribution is -2.26. The van der Waals surface area contributed by atoms with Crippen LogP contribution in [0.5, 0.6) is 0 Å². The lowest BCUT2D eigenvalue weighted by atomic mass is 10.1. The normalized spacial score (nSPS) is 12.4. The molecule has 0 saturated carbocycles. The molecule has 15 heavy (non-hydrogen) atoms. The number of hydrogen-bond acceptors (Lipinski definition) is 3. The minimum absolute atomic E-state index is 0.354. The summed E-state index contributed by atoms with van der Waals surface area (Å²) in [6.45, 7) is 4.85. The van der Waals surface area contributed by atoms with E-state index in [1.165, 1.54) is 0 Å². The maximum Gasteiger partial charge on any atom is 0.307 e. The van der Waals surface area contributed by atoms with Gasteiger partial charge in [-0.2, -0.15) is 0 Å². The summed E-state index contributed by atoms with van der Waals surface area (Å²) in [5.74, 6) is -1.12. The molecule has 82 valence electrons. The minimum atomic E-state index is -0.769. The van der Waals surface area contributed by atoms with Gasteiger partial charge in [0.1, 0.15) is 0 Å². The molecule has 4 heteroatoms. The lowest BCUT2D eigenvalue weighted by Gasteiger charge is -2.09. The monoisotopic (exact) mass is 208 g/mol. The molecule has 1 heterocycles. The van der Waals surface area contributed by atoms with Crippen LogP contribution >= 0.6 is 0 Å². The van der Waals surface area contributed by atoms with E-state index in [0.29, 0.717) is 13.1 Å². The molecule has 0 aliphatic carbocycles. The average molecular weight is 208 g/mol. The van der Waals surface area contributed by atoms with Crippen molar-refractivity contribution in [2.24, 2.45) is 5.92 Å². The third-order valence-corrected chi connectivity index (χ3v) is 2.32. The molecule has 0 aliphatic heterocycles. The first-order valence-corrected chi connectivity index (χ1v) is 4.94. The highest BCUT2D eigenvalue weighted by atomic mass is 16.4. The van der Waals surface area contributed by atoms with Gasteiger partial charge in [-0.3, -0.25) is 9.78 Å². The molecule has 0 aliphatic rings. The fourth-order valence-electron chi connectivity index (χ4n) is 1.21. The molecule has 0 bridgehead atoms. The Morgan fingerprint density at radius 1 is 1.67 bits per heavy atom. The number of pyridine rings is 1. The summed E-state index contributed by atoms with van der Waals surface area (Å²) in [7, 11) is 0. The summed E-state index contributed by atoms with van der Waals surface area (Å²) >= 11 is 0. The summed E-state index contributed by atoms with van der Waals surface area (Å²) in [5, 5.41) is 11.8. The zero-order valence-electron chi connectivity index (χ0n) is 9.03. The van der Waals surface area contributed by atoms with Gasteiger partial charge in [-0.1, -0.05) is 6.92 Å². The van der Waals surface area contributed by atoms with Crippen molar-refractivity contribution in [2.45, 2.75) is 20.4 Å². The number of hydrogen-bond donors (Lipinski definition) is 2. The van der Waals surface area contributed by atoms with Crippen molar-refractivity contribution in [3.05, 3.63) is 29.6 Å². The Morgan fingerprint density at radius 3 is 3.00 bits per heavy atom. The minimum Gasteiger partial charge on any atom is -0.481 e. The molecule has 1 unspecified atom stereocenters. The fourth-order valence-corrected chi connectivity index (χ4v) is 1.21. The lowest BCUT2D eigenvalue weighted by molar-refractivity contribution is -0.140. The highest BCUT2D eigenvalue weighted by Crippen LogP contribution is 2.04. The van der Waals surface area contributed by atoms with E-state index in [1.807, 2.05) is 13.0 Å². The van der Waals surface area contributed by atoms with E-state index in [2.05, 4.69) is 10.3 Å². The van der Waals surface area contributed by atoms with Crippen molar-refractivity contribution in [2.75, 3.05) is 6.54 Å². The molecular weight excluding hydrogens is 192 g/mol. The number of carbonyl (C=O) groups is 1. The van der Waals surface area contributed by atoms with Crippen molar-refractivity contribution in [3.8, 4) is 0 Å². The van der Waals surface area contributed by atoms with Crippen molar-refractivity contribution in [1.82, 2.24) is 10.3 Å². The molecule has 1 rings (SSSR count). The third-order valence-electron chi connectivity index (χ3n) is 2.32. The van der Waals surface area contributed by atoms with Crippen LogP contribution in [0, 0.1) is 12.8 Å². The number of carboxylic acid groups (broad SMARTS) is 1. The van der Waals surface area contributed by atoms with Gasteiger partial charge in [-0.15, -0.1) is 0 Å². The Bertz CT molecular complexity index is 339. The van der Waals surface area contributed by atoms with Gasteiger partial charge in [0.05, 0.1) is 5.92 Å². The molecule has 0 spiro atoms. The molecule has 1 atom stereocenters. The maximum atomic E-state index is 10.6. The smallest absolute Gasteiger partial charge is 0.307 e. The summed E-state index contributed by atoms with van der Waals surface area (Å²) in [6, 6.07) is 1.94. The van der Waals surface area contributed by atoms with Crippen LogP contribution in [0.1, 0.15) is 18.1 Å². The van der Waals surface area contributed by atoms with Gasteiger partial charge in [0.25, 0.3) is 0 Å². The number of aliphatic carboxylic acids is 1. The van der Waals surface area contributed by atoms with E-state index in [0.717, 1.165) is 11.1 Å². The van der Waals surface area contributed by atoms with E-state index in [-0.39, 0.29) is 5.92 Å². The number of aromatic nitrogens is 1. The van der Waals surface area contributed by atoms with Gasteiger partial charge < -0.3 is 10.4 Å². The van der Waals surface area contributed by atoms with Crippen LogP contribution in [0.2, 0.25) is 0 Å². The van der Waals surface area contributed by atoms with Crippen LogP contribution in [-0.4, -0.2) is 22.6 Å². The third kappa shape index (κ3) is 3.67. The standard InChI is InChI=1S/C11H16N2O2/c1-8-5-12-4-3-10(8)7-13-6-9(2)11(14)15/h3-5,9,13H,6-7H2,1-2H3,(H,14,15). The van der Waals surface area contributed by atoms with Crippen LogP contribution in [0.3, 0.4) is 0 Å². The van der Waals surface area contributed by atoms with E-state index < -0.39 is 5.97 Å². The molecule has 0 aromatic carbocycles. The predicted octanol–water partition coefficient (Wildman–Crippen LogP) is 1.20. The second-order valence-corrected chi connectivity index (χ2v) is 3.67. The molecule has 2 N–H and O–H groups in total. The van der Waals surface area contributed by atoms with Crippen LogP contribution < -0.4 is 5.32 Å². The molecule has 0 amide bonds. The number of nitrogens with one attached hydrogen (secondary N) is 1. The second-order valence-electron chi connectivity index (χ2n) is 3.67. The first kappa shape index (κ1) is 11.7. The van der Waals surface area contributed by atoms with Gasteiger partial charge in [-0.25, -0.2) is 0 Å². The average Bonchev–Trinajstić information content (AvgIpc) is 2.20. The zero-order chi connectivity index (χ0) is 11.3.